The van der Waals surface area contributed by atoms with Crippen LogP contribution in [0.1, 0.15) is 24.8 Å². The summed E-state index contributed by atoms with van der Waals surface area (Å²) < 4.78 is 0. The van der Waals surface area contributed by atoms with Crippen LogP contribution in [0.5, 0.6) is 0 Å². The highest BCUT2D eigenvalue weighted by Crippen LogP contribution is 2.18. The van der Waals surface area contributed by atoms with E-state index < -0.39 is 0 Å². The van der Waals surface area contributed by atoms with Gasteiger partial charge < -0.3 is 15.5 Å². The molecule has 2 rings (SSSR count). The number of piperidine rings is 1. The molecule has 1 amide bonds. The van der Waals surface area contributed by atoms with E-state index in [0.29, 0.717) is 6.04 Å². The number of benzene rings is 1. The first-order valence-electron chi connectivity index (χ1n) is 7.42. The van der Waals surface area contributed by atoms with E-state index in [9.17, 15) is 4.79 Å². The third kappa shape index (κ3) is 4.05. The number of carbonyl (C=O) groups is 1. The van der Waals surface area contributed by atoms with Crippen LogP contribution in [0.3, 0.4) is 0 Å². The Hall–Kier alpha value is -1.39. The third-order valence-corrected chi connectivity index (χ3v) is 3.94. The lowest BCUT2D eigenvalue weighted by molar-refractivity contribution is -0.133. The van der Waals surface area contributed by atoms with Crippen LogP contribution in [0.2, 0.25) is 0 Å². The maximum Gasteiger partial charge on any atom is 0.236 e. The number of amides is 1. The van der Waals surface area contributed by atoms with Crippen molar-refractivity contribution in [3.05, 3.63) is 35.9 Å². The van der Waals surface area contributed by atoms with E-state index >= 15 is 0 Å². The molecule has 0 aliphatic carbocycles. The smallest absolute Gasteiger partial charge is 0.236 e. The first-order valence-corrected chi connectivity index (χ1v) is 7.42. The van der Waals surface area contributed by atoms with Crippen molar-refractivity contribution < 1.29 is 4.79 Å². The van der Waals surface area contributed by atoms with Gasteiger partial charge in [-0.3, -0.25) is 4.79 Å². The SMILES string of the molecule is CN(Cc1ccccc1)C[C@@H]1CCCCN1C(=O)CN. The van der Waals surface area contributed by atoms with Crippen molar-refractivity contribution in [1.29, 1.82) is 0 Å². The van der Waals surface area contributed by atoms with Crippen molar-refractivity contribution in [2.24, 2.45) is 5.73 Å². The molecule has 20 heavy (non-hydrogen) atoms. The molecule has 1 aliphatic heterocycles. The molecule has 2 N–H and O–H groups in total. The quantitative estimate of drug-likeness (QED) is 0.885. The summed E-state index contributed by atoms with van der Waals surface area (Å²) in [6.07, 6.45) is 3.40. The molecule has 1 aromatic rings. The number of carbonyl (C=O) groups excluding carboxylic acids is 1. The first-order chi connectivity index (χ1) is 9.70. The van der Waals surface area contributed by atoms with Gasteiger partial charge in [0, 0.05) is 25.7 Å². The monoisotopic (exact) mass is 275 g/mol. The highest BCUT2D eigenvalue weighted by atomic mass is 16.2. The summed E-state index contributed by atoms with van der Waals surface area (Å²) in [6, 6.07) is 10.8. The van der Waals surface area contributed by atoms with E-state index in [4.69, 9.17) is 5.73 Å². The zero-order valence-electron chi connectivity index (χ0n) is 12.3. The summed E-state index contributed by atoms with van der Waals surface area (Å²) in [6.45, 7) is 2.82. The average Bonchev–Trinajstić information content (AvgIpc) is 2.48. The predicted molar refractivity (Wildman–Crippen MR) is 81.2 cm³/mol. The predicted octanol–water partition coefficient (Wildman–Crippen LogP) is 1.46. The number of rotatable bonds is 5. The molecule has 4 heteroatoms. The molecule has 0 radical (unpaired) electrons. The number of likely N-dealkylation sites (tertiary alicyclic amines) is 1. The minimum absolute atomic E-state index is 0.0859. The van der Waals surface area contributed by atoms with Crippen LogP contribution in [0.15, 0.2) is 30.3 Å². The molecular formula is C16H25N3O. The van der Waals surface area contributed by atoms with Gasteiger partial charge in [-0.05, 0) is 31.9 Å². The van der Waals surface area contributed by atoms with Gasteiger partial charge >= 0.3 is 0 Å². The number of nitrogens with two attached hydrogens (primary N) is 1. The summed E-state index contributed by atoms with van der Waals surface area (Å²) >= 11 is 0. The Kier molecular flexibility index (Phi) is 5.56. The summed E-state index contributed by atoms with van der Waals surface area (Å²) in [5.74, 6) is 0.0859. The highest BCUT2D eigenvalue weighted by molar-refractivity contribution is 5.78. The Morgan fingerprint density at radius 2 is 2.10 bits per heavy atom. The molecule has 0 spiro atoms. The van der Waals surface area contributed by atoms with Gasteiger partial charge in [0.25, 0.3) is 0 Å². The van der Waals surface area contributed by atoms with Gasteiger partial charge in [0.15, 0.2) is 0 Å². The van der Waals surface area contributed by atoms with E-state index in [1.807, 2.05) is 11.0 Å². The van der Waals surface area contributed by atoms with Crippen LogP contribution in [0.4, 0.5) is 0 Å². The lowest BCUT2D eigenvalue weighted by atomic mass is 10.0. The molecule has 1 atom stereocenters. The lowest BCUT2D eigenvalue weighted by Gasteiger charge is -2.37. The number of hydrogen-bond donors (Lipinski definition) is 1. The lowest BCUT2D eigenvalue weighted by Crippen LogP contribution is -2.50. The van der Waals surface area contributed by atoms with E-state index in [0.717, 1.165) is 32.5 Å². The summed E-state index contributed by atoms with van der Waals surface area (Å²) in [4.78, 5) is 16.2. The average molecular weight is 275 g/mol. The summed E-state index contributed by atoms with van der Waals surface area (Å²) in [7, 11) is 2.12. The normalized spacial score (nSPS) is 19.4. The van der Waals surface area contributed by atoms with Crippen molar-refractivity contribution in [3.63, 3.8) is 0 Å². The second kappa shape index (κ2) is 7.41. The molecule has 0 aromatic heterocycles. The van der Waals surface area contributed by atoms with Gasteiger partial charge in [0.05, 0.1) is 6.54 Å². The largest absolute Gasteiger partial charge is 0.337 e. The topological polar surface area (TPSA) is 49.6 Å². The zero-order valence-corrected chi connectivity index (χ0v) is 12.3. The molecule has 0 bridgehead atoms. The van der Waals surface area contributed by atoms with Crippen LogP contribution >= 0.6 is 0 Å². The van der Waals surface area contributed by atoms with Crippen LogP contribution < -0.4 is 5.73 Å². The number of likely N-dealkylation sites (N-methyl/N-ethyl adjacent to an activating group) is 1. The van der Waals surface area contributed by atoms with Gasteiger partial charge in [-0.1, -0.05) is 30.3 Å². The van der Waals surface area contributed by atoms with Gasteiger partial charge in [-0.2, -0.15) is 0 Å². The minimum Gasteiger partial charge on any atom is -0.337 e. The fraction of sp³-hybridized carbons (Fsp3) is 0.562. The van der Waals surface area contributed by atoms with Crippen LogP contribution in [-0.2, 0) is 11.3 Å². The second-order valence-electron chi connectivity index (χ2n) is 5.62. The molecule has 0 saturated carbocycles. The number of nitrogens with zero attached hydrogens (tertiary/aromatic N) is 2. The van der Waals surface area contributed by atoms with Crippen LogP contribution in [0, 0.1) is 0 Å². The maximum absolute atomic E-state index is 11.9. The first kappa shape index (κ1) is 15.0. The maximum atomic E-state index is 11.9. The molecule has 0 unspecified atom stereocenters. The van der Waals surface area contributed by atoms with Gasteiger partial charge in [-0.25, -0.2) is 0 Å². The molecule has 110 valence electrons. The van der Waals surface area contributed by atoms with Crippen molar-refractivity contribution >= 4 is 5.91 Å². The van der Waals surface area contributed by atoms with Crippen LogP contribution in [-0.4, -0.2) is 48.4 Å². The van der Waals surface area contributed by atoms with Crippen molar-refractivity contribution in [3.8, 4) is 0 Å². The minimum atomic E-state index is 0.0859. The van der Waals surface area contributed by atoms with Gasteiger partial charge in [0.1, 0.15) is 0 Å². The Labute approximate surface area is 121 Å². The molecule has 1 fully saturated rings. The fourth-order valence-corrected chi connectivity index (χ4v) is 2.96. The highest BCUT2D eigenvalue weighted by Gasteiger charge is 2.26. The third-order valence-electron chi connectivity index (χ3n) is 3.94. The Balaban J connectivity index is 1.91. The molecule has 1 aromatic carbocycles. The number of hydrogen-bond acceptors (Lipinski definition) is 3. The fourth-order valence-electron chi connectivity index (χ4n) is 2.96. The summed E-state index contributed by atoms with van der Waals surface area (Å²) in [5, 5.41) is 0. The Morgan fingerprint density at radius 3 is 2.80 bits per heavy atom. The second-order valence-corrected chi connectivity index (χ2v) is 5.62. The molecule has 1 heterocycles. The van der Waals surface area contributed by atoms with E-state index in [1.165, 1.54) is 12.0 Å². The standard InChI is InChI=1S/C16H25N3O/c1-18(12-14-7-3-2-4-8-14)13-15-9-5-6-10-19(15)16(20)11-17/h2-4,7-8,15H,5-6,9-13,17H2,1H3/t15-/m0/s1. The van der Waals surface area contributed by atoms with E-state index in [2.05, 4.69) is 36.2 Å². The molecule has 1 aliphatic rings. The van der Waals surface area contributed by atoms with E-state index in [-0.39, 0.29) is 12.5 Å². The van der Waals surface area contributed by atoms with Gasteiger partial charge in [-0.15, -0.1) is 0 Å². The van der Waals surface area contributed by atoms with Crippen molar-refractivity contribution in [1.82, 2.24) is 9.80 Å². The van der Waals surface area contributed by atoms with Crippen LogP contribution in [0.25, 0.3) is 0 Å². The van der Waals surface area contributed by atoms with Crippen molar-refractivity contribution in [2.45, 2.75) is 31.8 Å². The Bertz CT molecular complexity index is 421. The molecule has 1 saturated heterocycles. The molecule has 4 nitrogen and oxygen atoms in total. The van der Waals surface area contributed by atoms with Crippen molar-refractivity contribution in [2.75, 3.05) is 26.7 Å². The summed E-state index contributed by atoms with van der Waals surface area (Å²) in [5.41, 5.74) is 6.82. The van der Waals surface area contributed by atoms with E-state index in [1.54, 1.807) is 0 Å². The molecular weight excluding hydrogens is 250 g/mol. The Morgan fingerprint density at radius 1 is 1.35 bits per heavy atom. The van der Waals surface area contributed by atoms with Gasteiger partial charge in [0.2, 0.25) is 5.91 Å². The zero-order chi connectivity index (χ0) is 14.4.